The van der Waals surface area contributed by atoms with Gasteiger partial charge in [0.15, 0.2) is 0 Å². The largest absolute Gasteiger partial charge is 0.462 e. The van der Waals surface area contributed by atoms with Crippen LogP contribution < -0.4 is 0 Å². The van der Waals surface area contributed by atoms with Crippen LogP contribution in [0.4, 0.5) is 0 Å². The van der Waals surface area contributed by atoms with E-state index in [2.05, 4.69) is 33.9 Å². The SMILES string of the molecule is C=C(C)C(=O)OCCCCCCCC(C)C.C=C(C)C(=O)OCCCCCCCCCC. The summed E-state index contributed by atoms with van der Waals surface area (Å²) >= 11 is 0. The van der Waals surface area contributed by atoms with Gasteiger partial charge in [0, 0.05) is 11.1 Å². The molecule has 0 aromatic rings. The van der Waals surface area contributed by atoms with Crippen molar-refractivity contribution >= 4 is 11.9 Å². The summed E-state index contributed by atoms with van der Waals surface area (Å²) in [7, 11) is 0. The van der Waals surface area contributed by atoms with Crippen LogP contribution in [-0.4, -0.2) is 25.2 Å². The highest BCUT2D eigenvalue weighted by Gasteiger charge is 2.02. The fourth-order valence-corrected chi connectivity index (χ4v) is 3.00. The molecule has 0 aliphatic heterocycles. The van der Waals surface area contributed by atoms with Crippen molar-refractivity contribution in [3.63, 3.8) is 0 Å². The molecule has 4 nitrogen and oxygen atoms in total. The van der Waals surface area contributed by atoms with Crippen LogP contribution in [-0.2, 0) is 19.1 Å². The van der Waals surface area contributed by atoms with Gasteiger partial charge >= 0.3 is 11.9 Å². The molecule has 0 atom stereocenters. The Morgan fingerprint density at radius 3 is 1.31 bits per heavy atom. The highest BCUT2D eigenvalue weighted by Crippen LogP contribution is 2.11. The number of carbonyl (C=O) groups is 2. The molecule has 32 heavy (non-hydrogen) atoms. The summed E-state index contributed by atoms with van der Waals surface area (Å²) < 4.78 is 10.0. The number of hydrogen-bond acceptors (Lipinski definition) is 4. The van der Waals surface area contributed by atoms with Crippen LogP contribution in [0, 0.1) is 5.92 Å². The van der Waals surface area contributed by atoms with Gasteiger partial charge in [-0.15, -0.1) is 0 Å². The van der Waals surface area contributed by atoms with Crippen LogP contribution >= 0.6 is 0 Å². The summed E-state index contributed by atoms with van der Waals surface area (Å²) in [5, 5.41) is 0. The van der Waals surface area contributed by atoms with E-state index in [-0.39, 0.29) is 11.9 Å². The van der Waals surface area contributed by atoms with Gasteiger partial charge in [0.1, 0.15) is 0 Å². The van der Waals surface area contributed by atoms with Gasteiger partial charge in [0.25, 0.3) is 0 Å². The standard InChI is InChI=1S/2C14H26O2/c1-12(2)10-8-6-5-7-9-11-16-14(15)13(3)4;1-4-5-6-7-8-9-10-11-12-16-14(15)13(2)3/h12H,3,5-11H2,1-2,4H3;2,4-12H2,1,3H3. The molecule has 0 fully saturated rings. The van der Waals surface area contributed by atoms with E-state index in [9.17, 15) is 9.59 Å². The lowest BCUT2D eigenvalue weighted by atomic mass is 10.0. The van der Waals surface area contributed by atoms with Crippen LogP contribution in [0.15, 0.2) is 24.3 Å². The maximum atomic E-state index is 11.0. The molecule has 0 radical (unpaired) electrons. The highest BCUT2D eigenvalue weighted by atomic mass is 16.5. The Morgan fingerprint density at radius 1 is 0.625 bits per heavy atom. The molecule has 0 aliphatic carbocycles. The van der Waals surface area contributed by atoms with Gasteiger partial charge in [-0.05, 0) is 32.6 Å². The van der Waals surface area contributed by atoms with Gasteiger partial charge in [0.05, 0.1) is 13.2 Å². The summed E-state index contributed by atoms with van der Waals surface area (Å²) in [5.41, 5.74) is 0.969. The Morgan fingerprint density at radius 2 is 0.969 bits per heavy atom. The summed E-state index contributed by atoms with van der Waals surface area (Å²) in [6.45, 7) is 18.3. The average molecular weight is 453 g/mol. The van der Waals surface area contributed by atoms with Gasteiger partial charge in [-0.1, -0.05) is 111 Å². The van der Waals surface area contributed by atoms with Gasteiger partial charge in [-0.3, -0.25) is 0 Å². The third-order valence-corrected chi connectivity index (χ3v) is 5.09. The van der Waals surface area contributed by atoms with Crippen LogP contribution in [0.25, 0.3) is 0 Å². The van der Waals surface area contributed by atoms with Gasteiger partial charge in [-0.2, -0.15) is 0 Å². The number of carbonyl (C=O) groups excluding carboxylic acids is 2. The van der Waals surface area contributed by atoms with E-state index in [1.165, 1.54) is 64.2 Å². The predicted molar refractivity (Wildman–Crippen MR) is 137 cm³/mol. The summed E-state index contributed by atoms with van der Waals surface area (Å²) in [4.78, 5) is 22.1. The lowest BCUT2D eigenvalue weighted by molar-refractivity contribution is -0.139. The Hall–Kier alpha value is -1.58. The third kappa shape index (κ3) is 26.5. The first-order valence-electron chi connectivity index (χ1n) is 12.9. The maximum Gasteiger partial charge on any atom is 0.333 e. The van der Waals surface area contributed by atoms with E-state index < -0.39 is 0 Å². The second-order valence-corrected chi connectivity index (χ2v) is 9.26. The average Bonchev–Trinajstić information content (AvgIpc) is 2.74. The molecule has 0 heterocycles. The van der Waals surface area contributed by atoms with E-state index in [4.69, 9.17) is 9.47 Å². The van der Waals surface area contributed by atoms with Crippen molar-refractivity contribution in [2.75, 3.05) is 13.2 Å². The molecule has 0 spiro atoms. The Labute approximate surface area is 199 Å². The minimum atomic E-state index is -0.264. The van der Waals surface area contributed by atoms with Crippen molar-refractivity contribution in [2.45, 2.75) is 125 Å². The lowest BCUT2D eigenvalue weighted by Gasteiger charge is -2.05. The van der Waals surface area contributed by atoms with E-state index in [1.807, 2.05) is 0 Å². The zero-order chi connectivity index (χ0) is 24.6. The van der Waals surface area contributed by atoms with Crippen LogP contribution in [0.1, 0.15) is 125 Å². The zero-order valence-corrected chi connectivity index (χ0v) is 21.9. The molecule has 0 N–H and O–H groups in total. The summed E-state index contributed by atoms with van der Waals surface area (Å²) in [5.74, 6) is 0.291. The van der Waals surface area contributed by atoms with Crippen molar-refractivity contribution in [3.8, 4) is 0 Å². The minimum absolute atomic E-state index is 0.261. The fraction of sp³-hybridized carbons (Fsp3) is 0.786. The molecule has 0 rings (SSSR count). The van der Waals surface area contributed by atoms with E-state index in [0.717, 1.165) is 31.6 Å². The molecule has 188 valence electrons. The normalized spacial score (nSPS) is 10.3. The number of esters is 2. The van der Waals surface area contributed by atoms with Crippen LogP contribution in [0.2, 0.25) is 0 Å². The number of hydrogen-bond donors (Lipinski definition) is 0. The zero-order valence-electron chi connectivity index (χ0n) is 21.9. The lowest BCUT2D eigenvalue weighted by Crippen LogP contribution is -2.05. The molecular formula is C28H52O4. The van der Waals surface area contributed by atoms with E-state index in [0.29, 0.717) is 24.4 Å². The van der Waals surface area contributed by atoms with E-state index in [1.54, 1.807) is 13.8 Å². The van der Waals surface area contributed by atoms with Crippen LogP contribution in [0.5, 0.6) is 0 Å². The number of unbranched alkanes of at least 4 members (excludes halogenated alkanes) is 11. The predicted octanol–water partition coefficient (Wildman–Crippen LogP) is 8.35. The molecule has 0 saturated carbocycles. The van der Waals surface area contributed by atoms with Crippen LogP contribution in [0.3, 0.4) is 0 Å². The van der Waals surface area contributed by atoms with Crippen molar-refractivity contribution in [1.29, 1.82) is 0 Å². The second kappa shape index (κ2) is 24.1. The fourth-order valence-electron chi connectivity index (χ4n) is 3.00. The smallest absolute Gasteiger partial charge is 0.333 e. The van der Waals surface area contributed by atoms with Crippen molar-refractivity contribution in [3.05, 3.63) is 24.3 Å². The first kappa shape index (κ1) is 32.6. The number of ether oxygens (including phenoxy) is 2. The molecule has 4 heteroatoms. The van der Waals surface area contributed by atoms with E-state index >= 15 is 0 Å². The molecule has 0 aromatic heterocycles. The van der Waals surface area contributed by atoms with Crippen molar-refractivity contribution < 1.29 is 19.1 Å². The Bertz CT molecular complexity index is 494. The van der Waals surface area contributed by atoms with Gasteiger partial charge in [0.2, 0.25) is 0 Å². The molecule has 0 amide bonds. The molecular weight excluding hydrogens is 400 g/mol. The third-order valence-electron chi connectivity index (χ3n) is 5.09. The minimum Gasteiger partial charge on any atom is -0.462 e. The molecule has 0 unspecified atom stereocenters. The second-order valence-electron chi connectivity index (χ2n) is 9.26. The van der Waals surface area contributed by atoms with Gasteiger partial charge < -0.3 is 9.47 Å². The molecule has 0 saturated heterocycles. The Kier molecular flexibility index (Phi) is 24.5. The number of rotatable bonds is 19. The first-order valence-corrected chi connectivity index (χ1v) is 12.9. The summed E-state index contributed by atoms with van der Waals surface area (Å²) in [6.07, 6.45) is 17.4. The monoisotopic (exact) mass is 452 g/mol. The Balaban J connectivity index is 0. The molecule has 0 aromatic carbocycles. The first-order chi connectivity index (χ1) is 15.2. The quantitative estimate of drug-likeness (QED) is 0.112. The molecule has 0 bridgehead atoms. The molecule has 0 aliphatic rings. The van der Waals surface area contributed by atoms with Gasteiger partial charge in [-0.25, -0.2) is 9.59 Å². The van der Waals surface area contributed by atoms with Crippen molar-refractivity contribution in [2.24, 2.45) is 5.92 Å². The highest BCUT2D eigenvalue weighted by molar-refractivity contribution is 5.87. The summed E-state index contributed by atoms with van der Waals surface area (Å²) in [6, 6.07) is 0. The topological polar surface area (TPSA) is 52.6 Å². The maximum absolute atomic E-state index is 11.0. The van der Waals surface area contributed by atoms with Crippen molar-refractivity contribution in [1.82, 2.24) is 0 Å².